The number of nitrogens with two attached hydrogens (primary N) is 1. The third-order valence-corrected chi connectivity index (χ3v) is 7.59. The molecule has 2 aliphatic carbocycles. The van der Waals surface area contributed by atoms with Gasteiger partial charge in [0.15, 0.2) is 0 Å². The van der Waals surface area contributed by atoms with Gasteiger partial charge in [0.25, 0.3) is 0 Å². The van der Waals surface area contributed by atoms with Gasteiger partial charge in [0, 0.05) is 17.8 Å². The van der Waals surface area contributed by atoms with Crippen LogP contribution in [-0.4, -0.2) is 42.7 Å². The maximum absolute atomic E-state index is 10.8. The average molecular weight is 418 g/mol. The third-order valence-electron chi connectivity index (χ3n) is 7.59. The van der Waals surface area contributed by atoms with Gasteiger partial charge in [-0.3, -0.25) is 4.99 Å². The molecule has 3 aromatic rings. The van der Waals surface area contributed by atoms with Crippen molar-refractivity contribution in [1.29, 1.82) is 0 Å². The van der Waals surface area contributed by atoms with E-state index in [4.69, 9.17) is 10.7 Å². The lowest BCUT2D eigenvalue weighted by atomic mass is 9.94. The minimum absolute atomic E-state index is 0.0192. The minimum Gasteiger partial charge on any atom is -0.390 e. The van der Waals surface area contributed by atoms with Crippen LogP contribution in [0.25, 0.3) is 11.0 Å². The van der Waals surface area contributed by atoms with E-state index in [1.54, 1.807) is 0 Å². The highest BCUT2D eigenvalue weighted by Crippen LogP contribution is 2.54. The molecule has 3 aliphatic rings. The normalized spacial score (nSPS) is 31.4. The van der Waals surface area contributed by atoms with Gasteiger partial charge in [-0.05, 0) is 67.7 Å². The highest BCUT2D eigenvalue weighted by molar-refractivity contribution is 5.93. The molecule has 0 unspecified atom stereocenters. The molecule has 1 aliphatic heterocycles. The van der Waals surface area contributed by atoms with Gasteiger partial charge in [-0.1, -0.05) is 12.1 Å². The summed E-state index contributed by atoms with van der Waals surface area (Å²) in [7, 11) is 0. The Morgan fingerprint density at radius 2 is 1.97 bits per heavy atom. The van der Waals surface area contributed by atoms with Crippen molar-refractivity contribution < 1.29 is 10.2 Å². The van der Waals surface area contributed by atoms with Crippen LogP contribution in [0.15, 0.2) is 41.8 Å². The maximum Gasteiger partial charge on any atom is 0.145 e. The Bertz CT molecular complexity index is 1200. The number of hydrogen-bond acceptors (Lipinski definition) is 6. The number of aryl methyl sites for hydroxylation is 1. The largest absolute Gasteiger partial charge is 0.390 e. The highest BCUT2D eigenvalue weighted by atomic mass is 16.3. The van der Waals surface area contributed by atoms with Gasteiger partial charge in [0.2, 0.25) is 0 Å². The molecule has 7 heteroatoms. The van der Waals surface area contributed by atoms with Crippen LogP contribution in [0, 0.1) is 11.8 Å². The van der Waals surface area contributed by atoms with E-state index >= 15 is 0 Å². The molecule has 7 nitrogen and oxygen atoms in total. The fourth-order valence-electron chi connectivity index (χ4n) is 5.70. The lowest BCUT2D eigenvalue weighted by Crippen LogP contribution is -2.29. The number of anilines is 1. The Labute approximate surface area is 180 Å². The predicted molar refractivity (Wildman–Crippen MR) is 119 cm³/mol. The molecule has 4 N–H and O–H groups in total. The van der Waals surface area contributed by atoms with E-state index in [0.717, 1.165) is 23.9 Å². The van der Waals surface area contributed by atoms with Crippen LogP contribution < -0.4 is 5.73 Å². The molecule has 0 saturated heterocycles. The molecule has 31 heavy (non-hydrogen) atoms. The number of nitrogen functional groups attached to an aromatic ring is 1. The number of aromatic nitrogens is 3. The van der Waals surface area contributed by atoms with Crippen molar-refractivity contribution in [2.75, 3.05) is 5.73 Å². The maximum atomic E-state index is 10.8. The van der Waals surface area contributed by atoms with Gasteiger partial charge in [0.1, 0.15) is 23.9 Å². The third kappa shape index (κ3) is 2.98. The second-order valence-electron chi connectivity index (χ2n) is 9.40. The number of aliphatic hydroxyl groups excluding tert-OH is 2. The Morgan fingerprint density at radius 3 is 2.84 bits per heavy atom. The molecule has 2 fully saturated rings. The first-order chi connectivity index (χ1) is 15.0. The first kappa shape index (κ1) is 19.0. The van der Waals surface area contributed by atoms with Crippen LogP contribution >= 0.6 is 0 Å². The molecule has 2 saturated carbocycles. The zero-order chi connectivity index (χ0) is 21.3. The molecule has 2 aromatic heterocycles. The number of aliphatic imine (C=N–C) groups is 1. The van der Waals surface area contributed by atoms with Crippen LogP contribution in [0.5, 0.6) is 0 Å². The highest BCUT2D eigenvalue weighted by Gasteiger charge is 2.44. The smallest absolute Gasteiger partial charge is 0.145 e. The van der Waals surface area contributed by atoms with Crippen LogP contribution in [-0.2, 0) is 6.42 Å². The van der Waals surface area contributed by atoms with Crippen molar-refractivity contribution in [3.63, 3.8) is 0 Å². The summed E-state index contributed by atoms with van der Waals surface area (Å²) in [5, 5.41) is 22.3. The zero-order valence-corrected chi connectivity index (χ0v) is 17.5. The van der Waals surface area contributed by atoms with Crippen LogP contribution in [0.3, 0.4) is 0 Å². The Balaban J connectivity index is 1.19. The number of rotatable bonds is 4. The summed E-state index contributed by atoms with van der Waals surface area (Å²) in [5.41, 5.74) is 11.7. The van der Waals surface area contributed by atoms with E-state index in [2.05, 4.69) is 35.1 Å². The molecule has 6 atom stereocenters. The van der Waals surface area contributed by atoms with Crippen LogP contribution in [0.4, 0.5) is 11.5 Å². The fourth-order valence-corrected chi connectivity index (χ4v) is 5.70. The van der Waals surface area contributed by atoms with Crippen molar-refractivity contribution in [3.8, 4) is 0 Å². The van der Waals surface area contributed by atoms with E-state index in [-0.39, 0.29) is 12.0 Å². The van der Waals surface area contributed by atoms with Gasteiger partial charge in [-0.2, -0.15) is 0 Å². The van der Waals surface area contributed by atoms with Crippen molar-refractivity contribution >= 4 is 28.3 Å². The molecule has 3 heterocycles. The molecular weight excluding hydrogens is 390 g/mol. The molecular formula is C24H27N5O2. The fraction of sp³-hybridized carbons (Fsp3) is 0.458. The van der Waals surface area contributed by atoms with Crippen molar-refractivity contribution in [2.24, 2.45) is 16.8 Å². The van der Waals surface area contributed by atoms with E-state index in [0.29, 0.717) is 29.7 Å². The first-order valence-corrected chi connectivity index (χ1v) is 11.1. The Morgan fingerprint density at radius 1 is 1.10 bits per heavy atom. The molecule has 6 rings (SSSR count). The van der Waals surface area contributed by atoms with Gasteiger partial charge >= 0.3 is 0 Å². The number of nitrogens with zero attached hydrogens (tertiary/aromatic N) is 4. The van der Waals surface area contributed by atoms with Crippen molar-refractivity contribution in [2.45, 2.75) is 56.8 Å². The van der Waals surface area contributed by atoms with E-state index in [1.165, 1.54) is 29.6 Å². The predicted octanol–water partition coefficient (Wildman–Crippen LogP) is 3.14. The molecule has 160 valence electrons. The van der Waals surface area contributed by atoms with Crippen LogP contribution in [0.1, 0.15) is 49.3 Å². The number of benzene rings is 1. The Hall–Kier alpha value is -2.77. The van der Waals surface area contributed by atoms with Crippen LogP contribution in [0.2, 0.25) is 0 Å². The second kappa shape index (κ2) is 6.87. The monoisotopic (exact) mass is 417 g/mol. The van der Waals surface area contributed by atoms with Gasteiger partial charge < -0.3 is 20.5 Å². The summed E-state index contributed by atoms with van der Waals surface area (Å²) < 4.78 is 1.93. The minimum atomic E-state index is -0.834. The molecule has 0 spiro atoms. The van der Waals surface area contributed by atoms with E-state index in [9.17, 15) is 10.2 Å². The van der Waals surface area contributed by atoms with E-state index in [1.807, 2.05) is 16.8 Å². The quantitative estimate of drug-likeness (QED) is 0.604. The Kier molecular flexibility index (Phi) is 4.20. The standard InChI is InChI=1S/C24H27N5O2/c1-12-17-10-18(17)15-5-3-13(8-19(15)28-12)2-4-14-9-20(22(31)21(14)30)29-7-6-16-23(25)26-11-27-24(16)29/h3,5-8,11,14,17-18,20-22,30-31H,2,4,9-10H2,1H3,(H2,25,26,27)/t14-,17+,18-,20+,21+,22-/m0/s1. The average Bonchev–Trinajstić information content (AvgIpc) is 3.39. The number of aliphatic hydroxyl groups is 2. The summed E-state index contributed by atoms with van der Waals surface area (Å²) in [6.07, 6.45) is 5.34. The summed E-state index contributed by atoms with van der Waals surface area (Å²) >= 11 is 0. The second-order valence-corrected chi connectivity index (χ2v) is 9.40. The number of hydrogen-bond donors (Lipinski definition) is 3. The molecule has 0 radical (unpaired) electrons. The van der Waals surface area contributed by atoms with Gasteiger partial charge in [0.05, 0.1) is 23.2 Å². The molecule has 1 aromatic carbocycles. The summed E-state index contributed by atoms with van der Waals surface area (Å²) in [5.74, 6) is 1.78. The van der Waals surface area contributed by atoms with Crippen molar-refractivity contribution in [1.82, 2.24) is 14.5 Å². The summed E-state index contributed by atoms with van der Waals surface area (Å²) in [4.78, 5) is 13.2. The summed E-state index contributed by atoms with van der Waals surface area (Å²) in [6.45, 7) is 2.14. The first-order valence-electron chi connectivity index (χ1n) is 11.1. The molecule has 0 bridgehead atoms. The number of fused-ring (bicyclic) bond motifs is 4. The summed E-state index contributed by atoms with van der Waals surface area (Å²) in [6, 6.07) is 8.30. The van der Waals surface area contributed by atoms with Crippen molar-refractivity contribution in [3.05, 3.63) is 47.9 Å². The SMILES string of the molecule is CC1=Nc2cc(CC[C@H]3C[C@@H](n4ccc5c(N)ncnc54)[C@H](O)[C@@H]3O)ccc2[C@@H]2C[C@H]12. The van der Waals surface area contributed by atoms with Gasteiger partial charge in [-0.15, -0.1) is 0 Å². The van der Waals surface area contributed by atoms with Gasteiger partial charge in [-0.25, -0.2) is 9.97 Å². The molecule has 0 amide bonds. The topological polar surface area (TPSA) is 110 Å². The lowest BCUT2D eigenvalue weighted by molar-refractivity contribution is 0.00545. The lowest BCUT2D eigenvalue weighted by Gasteiger charge is -2.19. The van der Waals surface area contributed by atoms with E-state index < -0.39 is 12.2 Å². The zero-order valence-electron chi connectivity index (χ0n) is 17.5.